The minimum atomic E-state index is -0.272. The highest BCUT2D eigenvalue weighted by molar-refractivity contribution is 6.36. The van der Waals surface area contributed by atoms with Crippen LogP contribution in [-0.2, 0) is 14.3 Å². The molecule has 7 heteroatoms. The molecule has 5 nitrogen and oxygen atoms in total. The Labute approximate surface area is 134 Å². The van der Waals surface area contributed by atoms with Crippen LogP contribution in [0.25, 0.3) is 0 Å². The van der Waals surface area contributed by atoms with E-state index < -0.39 is 0 Å². The second-order valence-electron chi connectivity index (χ2n) is 4.40. The average molecular weight is 333 g/mol. The van der Waals surface area contributed by atoms with Crippen molar-refractivity contribution in [3.63, 3.8) is 0 Å². The van der Waals surface area contributed by atoms with Crippen LogP contribution < -0.4 is 10.2 Å². The van der Waals surface area contributed by atoms with Gasteiger partial charge in [-0.2, -0.15) is 0 Å². The number of methoxy groups -OCH3 is 1. The number of ether oxygens (including phenoxy) is 1. The van der Waals surface area contributed by atoms with Crippen molar-refractivity contribution in [1.82, 2.24) is 5.32 Å². The molecule has 0 aromatic heterocycles. The highest BCUT2D eigenvalue weighted by Gasteiger charge is 2.18. The molecular formula is C14H18Cl2N2O3. The molecule has 1 aromatic rings. The number of halogens is 2. The lowest BCUT2D eigenvalue weighted by atomic mass is 10.2. The molecule has 0 saturated carbocycles. The summed E-state index contributed by atoms with van der Waals surface area (Å²) in [6.07, 6.45) is 0.712. The second kappa shape index (κ2) is 8.87. The highest BCUT2D eigenvalue weighted by Crippen LogP contribution is 2.28. The van der Waals surface area contributed by atoms with Gasteiger partial charge in [0.1, 0.15) is 6.54 Å². The molecule has 0 atom stereocenters. The van der Waals surface area contributed by atoms with Gasteiger partial charge in [0, 0.05) is 32.2 Å². The van der Waals surface area contributed by atoms with Crippen molar-refractivity contribution in [3.8, 4) is 0 Å². The molecule has 21 heavy (non-hydrogen) atoms. The van der Waals surface area contributed by atoms with Gasteiger partial charge in [-0.15, -0.1) is 0 Å². The van der Waals surface area contributed by atoms with Crippen molar-refractivity contribution < 1.29 is 14.3 Å². The van der Waals surface area contributed by atoms with E-state index in [0.717, 1.165) is 0 Å². The topological polar surface area (TPSA) is 58.6 Å². The van der Waals surface area contributed by atoms with E-state index in [-0.39, 0.29) is 18.4 Å². The lowest BCUT2D eigenvalue weighted by Crippen LogP contribution is -2.40. The second-order valence-corrected chi connectivity index (χ2v) is 5.24. The Hall–Kier alpha value is -1.30. The first-order chi connectivity index (χ1) is 9.95. The minimum absolute atomic E-state index is 0.0936. The first-order valence-corrected chi connectivity index (χ1v) is 7.20. The van der Waals surface area contributed by atoms with Crippen molar-refractivity contribution in [3.05, 3.63) is 28.2 Å². The maximum absolute atomic E-state index is 11.9. The van der Waals surface area contributed by atoms with Crippen molar-refractivity contribution in [2.75, 3.05) is 31.7 Å². The molecule has 0 aliphatic heterocycles. The Bertz CT molecular complexity index is 509. The molecule has 1 N–H and O–H groups in total. The lowest BCUT2D eigenvalue weighted by Gasteiger charge is -2.22. The van der Waals surface area contributed by atoms with E-state index in [0.29, 0.717) is 35.3 Å². The predicted molar refractivity (Wildman–Crippen MR) is 84.0 cm³/mol. The van der Waals surface area contributed by atoms with Crippen LogP contribution in [0, 0.1) is 0 Å². The molecule has 116 valence electrons. The number of amides is 2. The van der Waals surface area contributed by atoms with Gasteiger partial charge in [0.2, 0.25) is 11.8 Å². The van der Waals surface area contributed by atoms with Crippen LogP contribution in [-0.4, -0.2) is 38.6 Å². The third kappa shape index (κ3) is 5.91. The molecule has 1 aromatic carbocycles. The van der Waals surface area contributed by atoms with E-state index in [1.807, 2.05) is 0 Å². The molecule has 0 heterocycles. The number of anilines is 1. The van der Waals surface area contributed by atoms with E-state index >= 15 is 0 Å². The average Bonchev–Trinajstić information content (AvgIpc) is 2.41. The zero-order valence-electron chi connectivity index (χ0n) is 12.0. The van der Waals surface area contributed by atoms with Gasteiger partial charge in [-0.05, 0) is 24.6 Å². The van der Waals surface area contributed by atoms with Crippen LogP contribution in [0.4, 0.5) is 5.69 Å². The van der Waals surface area contributed by atoms with Crippen LogP contribution in [0.15, 0.2) is 18.2 Å². The molecule has 0 unspecified atom stereocenters. The maximum Gasteiger partial charge on any atom is 0.240 e. The van der Waals surface area contributed by atoms with Crippen molar-refractivity contribution in [2.24, 2.45) is 0 Å². The molecule has 0 saturated heterocycles. The Balaban J connectivity index is 2.70. The van der Waals surface area contributed by atoms with Crippen LogP contribution in [0.5, 0.6) is 0 Å². The van der Waals surface area contributed by atoms with E-state index in [1.54, 1.807) is 19.2 Å². The summed E-state index contributed by atoms with van der Waals surface area (Å²) in [5.74, 6) is -0.529. The number of benzene rings is 1. The number of nitrogens with one attached hydrogen (secondary N) is 1. The minimum Gasteiger partial charge on any atom is -0.385 e. The van der Waals surface area contributed by atoms with Gasteiger partial charge in [-0.25, -0.2) is 0 Å². The van der Waals surface area contributed by atoms with Crippen molar-refractivity contribution >= 4 is 40.7 Å². The highest BCUT2D eigenvalue weighted by atomic mass is 35.5. The Morgan fingerprint density at radius 1 is 1.33 bits per heavy atom. The van der Waals surface area contributed by atoms with Crippen LogP contribution in [0.1, 0.15) is 13.3 Å². The largest absolute Gasteiger partial charge is 0.385 e. The predicted octanol–water partition coefficient (Wildman–Crippen LogP) is 2.50. The first kappa shape index (κ1) is 17.8. The SMILES string of the molecule is COCCCNC(=O)CN(C(C)=O)c1ccc(Cl)cc1Cl. The number of hydrogen-bond acceptors (Lipinski definition) is 3. The zero-order chi connectivity index (χ0) is 15.8. The van der Waals surface area contributed by atoms with E-state index in [4.69, 9.17) is 27.9 Å². The summed E-state index contributed by atoms with van der Waals surface area (Å²) in [5.41, 5.74) is 0.459. The van der Waals surface area contributed by atoms with Gasteiger partial charge < -0.3 is 15.0 Å². The third-order valence-corrected chi connectivity index (χ3v) is 3.27. The van der Waals surface area contributed by atoms with Crippen LogP contribution in [0.3, 0.4) is 0 Å². The molecule has 2 amide bonds. The fraction of sp³-hybridized carbons (Fsp3) is 0.429. The molecule has 0 aliphatic rings. The quantitative estimate of drug-likeness (QED) is 0.780. The van der Waals surface area contributed by atoms with Crippen LogP contribution in [0.2, 0.25) is 10.0 Å². The van der Waals surface area contributed by atoms with Gasteiger partial charge in [-0.1, -0.05) is 23.2 Å². The van der Waals surface area contributed by atoms with Crippen molar-refractivity contribution in [2.45, 2.75) is 13.3 Å². The first-order valence-electron chi connectivity index (χ1n) is 6.44. The Morgan fingerprint density at radius 3 is 2.62 bits per heavy atom. The zero-order valence-corrected chi connectivity index (χ0v) is 13.5. The number of carbonyl (C=O) groups is 2. The molecule has 0 spiro atoms. The number of carbonyl (C=O) groups excluding carboxylic acids is 2. The molecular weight excluding hydrogens is 315 g/mol. The third-order valence-electron chi connectivity index (χ3n) is 2.73. The summed E-state index contributed by atoms with van der Waals surface area (Å²) in [6, 6.07) is 4.77. The van der Waals surface area contributed by atoms with Crippen LogP contribution >= 0.6 is 23.2 Å². The summed E-state index contributed by atoms with van der Waals surface area (Å²) in [7, 11) is 1.60. The Morgan fingerprint density at radius 2 is 2.05 bits per heavy atom. The molecule has 0 radical (unpaired) electrons. The number of rotatable bonds is 7. The maximum atomic E-state index is 11.9. The number of nitrogens with zero attached hydrogens (tertiary/aromatic N) is 1. The number of hydrogen-bond donors (Lipinski definition) is 1. The fourth-order valence-corrected chi connectivity index (χ4v) is 2.22. The molecule has 0 bridgehead atoms. The molecule has 0 aliphatic carbocycles. The van der Waals surface area contributed by atoms with Gasteiger partial charge >= 0.3 is 0 Å². The summed E-state index contributed by atoms with van der Waals surface area (Å²) >= 11 is 11.9. The van der Waals surface area contributed by atoms with Crippen molar-refractivity contribution in [1.29, 1.82) is 0 Å². The fourth-order valence-electron chi connectivity index (χ4n) is 1.71. The summed E-state index contributed by atoms with van der Waals surface area (Å²) < 4.78 is 4.89. The van der Waals surface area contributed by atoms with Gasteiger partial charge in [0.15, 0.2) is 0 Å². The van der Waals surface area contributed by atoms with E-state index in [2.05, 4.69) is 5.32 Å². The van der Waals surface area contributed by atoms with Gasteiger partial charge in [0.25, 0.3) is 0 Å². The molecule has 0 fully saturated rings. The normalized spacial score (nSPS) is 10.3. The monoisotopic (exact) mass is 332 g/mol. The van der Waals surface area contributed by atoms with E-state index in [9.17, 15) is 9.59 Å². The smallest absolute Gasteiger partial charge is 0.240 e. The summed E-state index contributed by atoms with van der Waals surface area (Å²) in [5, 5.41) is 3.51. The van der Waals surface area contributed by atoms with E-state index in [1.165, 1.54) is 17.9 Å². The lowest BCUT2D eigenvalue weighted by molar-refractivity contribution is -0.123. The molecule has 1 rings (SSSR count). The summed E-state index contributed by atoms with van der Waals surface area (Å²) in [6.45, 7) is 2.35. The Kier molecular flexibility index (Phi) is 7.50. The van der Waals surface area contributed by atoms with Gasteiger partial charge in [0.05, 0.1) is 10.7 Å². The summed E-state index contributed by atoms with van der Waals surface area (Å²) in [4.78, 5) is 24.9. The van der Waals surface area contributed by atoms with Gasteiger partial charge in [-0.3, -0.25) is 9.59 Å². The standard InChI is InChI=1S/C14H18Cl2N2O3/c1-10(19)18(9-14(20)17-6-3-7-21-2)13-5-4-11(15)8-12(13)16/h4-5,8H,3,6-7,9H2,1-2H3,(H,17,20).